The lowest BCUT2D eigenvalue weighted by molar-refractivity contribution is 0.0311. The molecular formula is C18H30ClNO. The first-order valence-electron chi connectivity index (χ1n) is 8.31. The van der Waals surface area contributed by atoms with Gasteiger partial charge >= 0.3 is 0 Å². The molecule has 0 heterocycles. The lowest BCUT2D eigenvalue weighted by Crippen LogP contribution is -2.29. The number of ether oxygens (including phenoxy) is 1. The Morgan fingerprint density at radius 1 is 1.10 bits per heavy atom. The molecule has 0 aromatic heterocycles. The number of hydrogen-bond acceptors (Lipinski definition) is 2. The van der Waals surface area contributed by atoms with Crippen LogP contribution in [0.5, 0.6) is 0 Å². The second kappa shape index (κ2) is 11.1. The Morgan fingerprint density at radius 3 is 2.48 bits per heavy atom. The molecule has 1 aromatic rings. The summed E-state index contributed by atoms with van der Waals surface area (Å²) in [5.74, 6) is 0. The van der Waals surface area contributed by atoms with Gasteiger partial charge in [0.15, 0.2) is 0 Å². The van der Waals surface area contributed by atoms with E-state index in [1.807, 2.05) is 24.3 Å². The van der Waals surface area contributed by atoms with Gasteiger partial charge in [0.2, 0.25) is 0 Å². The maximum Gasteiger partial charge on any atom is 0.0976 e. The highest BCUT2D eigenvalue weighted by molar-refractivity contribution is 6.30. The van der Waals surface area contributed by atoms with E-state index in [-0.39, 0.29) is 12.1 Å². The summed E-state index contributed by atoms with van der Waals surface area (Å²) in [6.07, 6.45) is 8.46. The van der Waals surface area contributed by atoms with Crippen LogP contribution >= 0.6 is 11.6 Å². The van der Waals surface area contributed by atoms with E-state index < -0.39 is 0 Å². The number of rotatable bonds is 11. The Labute approximate surface area is 135 Å². The monoisotopic (exact) mass is 311 g/mol. The van der Waals surface area contributed by atoms with Crippen molar-refractivity contribution in [3.05, 3.63) is 34.9 Å². The van der Waals surface area contributed by atoms with E-state index >= 15 is 0 Å². The van der Waals surface area contributed by atoms with Gasteiger partial charge in [-0.05, 0) is 30.5 Å². The molecule has 2 nitrogen and oxygen atoms in total. The summed E-state index contributed by atoms with van der Waals surface area (Å²) in [6, 6.07) is 7.87. The van der Waals surface area contributed by atoms with Gasteiger partial charge in [-0.3, -0.25) is 0 Å². The van der Waals surface area contributed by atoms with Crippen LogP contribution < -0.4 is 5.73 Å². The molecule has 0 radical (unpaired) electrons. The minimum Gasteiger partial charge on any atom is -0.372 e. The van der Waals surface area contributed by atoms with Crippen molar-refractivity contribution >= 4 is 11.6 Å². The van der Waals surface area contributed by atoms with E-state index in [4.69, 9.17) is 22.1 Å². The van der Waals surface area contributed by atoms with Gasteiger partial charge in [-0.15, -0.1) is 0 Å². The Kier molecular flexibility index (Phi) is 9.73. The summed E-state index contributed by atoms with van der Waals surface area (Å²) in [5, 5.41) is 0.740. The summed E-state index contributed by atoms with van der Waals surface area (Å²) >= 11 is 6.07. The molecular weight excluding hydrogens is 282 g/mol. The molecule has 2 N–H and O–H groups in total. The molecule has 1 rings (SSSR count). The van der Waals surface area contributed by atoms with Crippen LogP contribution in [0.15, 0.2) is 24.3 Å². The highest BCUT2D eigenvalue weighted by Gasteiger charge is 2.19. The Bertz CT molecular complexity index is 383. The molecule has 0 saturated heterocycles. The van der Waals surface area contributed by atoms with E-state index in [2.05, 4.69) is 13.8 Å². The molecule has 0 amide bonds. The number of halogens is 1. The Balaban J connectivity index is 2.41. The van der Waals surface area contributed by atoms with Crippen molar-refractivity contribution in [2.45, 2.75) is 70.9 Å². The molecule has 0 fully saturated rings. The first-order valence-corrected chi connectivity index (χ1v) is 8.69. The summed E-state index contributed by atoms with van der Waals surface area (Å²) in [4.78, 5) is 0. The van der Waals surface area contributed by atoms with E-state index in [0.717, 1.165) is 30.0 Å². The van der Waals surface area contributed by atoms with Gasteiger partial charge in [-0.25, -0.2) is 0 Å². The van der Waals surface area contributed by atoms with Gasteiger partial charge in [0.05, 0.1) is 6.10 Å². The van der Waals surface area contributed by atoms with Gasteiger partial charge < -0.3 is 10.5 Å². The number of hydrogen-bond donors (Lipinski definition) is 1. The fraction of sp³-hybridized carbons (Fsp3) is 0.667. The van der Waals surface area contributed by atoms with E-state index in [9.17, 15) is 0 Å². The molecule has 3 heteroatoms. The SMILES string of the molecule is CCCCCCCCOC(c1cccc(Cl)c1)C(N)CC. The normalized spacial score (nSPS) is 14.1. The van der Waals surface area contributed by atoms with E-state index in [1.165, 1.54) is 32.1 Å². The van der Waals surface area contributed by atoms with Gasteiger partial charge in [0.25, 0.3) is 0 Å². The third-order valence-electron chi connectivity index (χ3n) is 3.83. The van der Waals surface area contributed by atoms with Crippen LogP contribution in [0, 0.1) is 0 Å². The van der Waals surface area contributed by atoms with Gasteiger partial charge in [-0.1, -0.05) is 69.7 Å². The van der Waals surface area contributed by atoms with Crippen molar-refractivity contribution < 1.29 is 4.74 Å². The lowest BCUT2D eigenvalue weighted by Gasteiger charge is -2.24. The highest BCUT2D eigenvalue weighted by Crippen LogP contribution is 2.25. The fourth-order valence-corrected chi connectivity index (χ4v) is 2.66. The zero-order chi connectivity index (χ0) is 15.5. The minimum absolute atomic E-state index is 0.0172. The molecule has 0 aliphatic rings. The van der Waals surface area contributed by atoms with Crippen molar-refractivity contribution in [1.82, 2.24) is 0 Å². The van der Waals surface area contributed by atoms with Crippen molar-refractivity contribution in [1.29, 1.82) is 0 Å². The third kappa shape index (κ3) is 7.30. The minimum atomic E-state index is -0.0515. The molecule has 21 heavy (non-hydrogen) atoms. The zero-order valence-electron chi connectivity index (χ0n) is 13.5. The van der Waals surface area contributed by atoms with Crippen molar-refractivity contribution in [2.24, 2.45) is 5.73 Å². The van der Waals surface area contributed by atoms with Crippen LogP contribution in [0.2, 0.25) is 5.02 Å². The molecule has 0 aliphatic heterocycles. The molecule has 0 saturated carbocycles. The molecule has 0 aliphatic carbocycles. The average molecular weight is 312 g/mol. The standard InChI is InChI=1S/C18H30ClNO/c1-3-5-6-7-8-9-13-21-18(17(20)4-2)15-11-10-12-16(19)14-15/h10-12,14,17-18H,3-9,13,20H2,1-2H3. The summed E-state index contributed by atoms with van der Waals surface area (Å²) in [7, 11) is 0. The molecule has 2 atom stereocenters. The topological polar surface area (TPSA) is 35.2 Å². The van der Waals surface area contributed by atoms with Gasteiger partial charge in [-0.2, -0.15) is 0 Å². The van der Waals surface area contributed by atoms with Gasteiger partial charge in [0, 0.05) is 17.7 Å². The Hall–Kier alpha value is -0.570. The van der Waals surface area contributed by atoms with Crippen LogP contribution in [0.4, 0.5) is 0 Å². The first-order chi connectivity index (χ1) is 10.2. The second-order valence-electron chi connectivity index (χ2n) is 5.69. The average Bonchev–Trinajstić information content (AvgIpc) is 2.49. The molecule has 120 valence electrons. The van der Waals surface area contributed by atoms with Crippen molar-refractivity contribution in [3.63, 3.8) is 0 Å². The van der Waals surface area contributed by atoms with Crippen LogP contribution in [-0.4, -0.2) is 12.6 Å². The van der Waals surface area contributed by atoms with Crippen LogP contribution in [0.1, 0.15) is 70.5 Å². The van der Waals surface area contributed by atoms with Crippen molar-refractivity contribution in [2.75, 3.05) is 6.61 Å². The van der Waals surface area contributed by atoms with Crippen LogP contribution in [0.3, 0.4) is 0 Å². The van der Waals surface area contributed by atoms with E-state index in [1.54, 1.807) is 0 Å². The Morgan fingerprint density at radius 2 is 1.81 bits per heavy atom. The molecule has 2 unspecified atom stereocenters. The number of benzene rings is 1. The third-order valence-corrected chi connectivity index (χ3v) is 4.07. The van der Waals surface area contributed by atoms with Crippen molar-refractivity contribution in [3.8, 4) is 0 Å². The lowest BCUT2D eigenvalue weighted by atomic mass is 10.0. The highest BCUT2D eigenvalue weighted by atomic mass is 35.5. The molecule has 1 aromatic carbocycles. The maximum atomic E-state index is 6.21. The smallest absolute Gasteiger partial charge is 0.0976 e. The number of nitrogens with two attached hydrogens (primary N) is 1. The fourth-order valence-electron chi connectivity index (χ4n) is 2.46. The quantitative estimate of drug-likeness (QED) is 0.548. The van der Waals surface area contributed by atoms with Crippen LogP contribution in [-0.2, 0) is 4.74 Å². The van der Waals surface area contributed by atoms with Gasteiger partial charge in [0.1, 0.15) is 0 Å². The summed E-state index contributed by atoms with van der Waals surface area (Å²) in [5.41, 5.74) is 7.30. The molecule has 0 bridgehead atoms. The predicted octanol–water partition coefficient (Wildman–Crippen LogP) is 5.50. The molecule has 0 spiro atoms. The maximum absolute atomic E-state index is 6.21. The first kappa shape index (κ1) is 18.5. The summed E-state index contributed by atoms with van der Waals surface area (Å²) in [6.45, 7) is 5.11. The largest absolute Gasteiger partial charge is 0.372 e. The van der Waals surface area contributed by atoms with E-state index in [0.29, 0.717) is 0 Å². The number of unbranched alkanes of at least 4 members (excludes halogenated alkanes) is 5. The zero-order valence-corrected chi connectivity index (χ0v) is 14.2. The summed E-state index contributed by atoms with van der Waals surface area (Å²) < 4.78 is 6.06. The predicted molar refractivity (Wildman–Crippen MR) is 91.8 cm³/mol. The second-order valence-corrected chi connectivity index (χ2v) is 6.12. The van der Waals surface area contributed by atoms with Crippen LogP contribution in [0.25, 0.3) is 0 Å².